The summed E-state index contributed by atoms with van der Waals surface area (Å²) in [5.74, 6) is 0. The second-order valence-electron chi connectivity index (χ2n) is 0.0583. The van der Waals surface area contributed by atoms with Gasteiger partial charge in [0.05, 0.1) is 23.7 Å². The van der Waals surface area contributed by atoms with E-state index in [1.807, 2.05) is 0 Å². The van der Waals surface area contributed by atoms with Gasteiger partial charge in [-0.1, -0.05) is 0 Å². The summed E-state index contributed by atoms with van der Waals surface area (Å²) in [6.45, 7) is 0. The lowest BCUT2D eigenvalue weighted by Gasteiger charge is -1.46. The first-order valence-electron chi connectivity index (χ1n) is 0.309. The maximum atomic E-state index is 4.26. The van der Waals surface area contributed by atoms with Crippen LogP contribution in [0, 0.1) is 0 Å². The van der Waals surface area contributed by atoms with Gasteiger partial charge in [-0.15, -0.1) is 0 Å². The Morgan fingerprint density at radius 1 is 1.00 bits per heavy atom. The van der Waals surface area contributed by atoms with Gasteiger partial charge in [-0.25, -0.2) is 0 Å². The van der Waals surface area contributed by atoms with Crippen molar-refractivity contribution in [3.63, 3.8) is 0 Å². The van der Waals surface area contributed by atoms with E-state index in [4.69, 9.17) is 0 Å². The van der Waals surface area contributed by atoms with Crippen molar-refractivity contribution in [3.05, 3.63) is 0 Å². The van der Waals surface area contributed by atoms with Crippen LogP contribution >= 0.6 is 23.7 Å². The van der Waals surface area contributed by atoms with Gasteiger partial charge in [0.1, 0.15) is 0 Å². The molecule has 0 saturated heterocycles. The number of halogens is 2. The molecule has 0 fully saturated rings. The van der Waals surface area contributed by atoms with E-state index in [1.54, 1.807) is 0 Å². The molecule has 0 radical (unpaired) electrons. The van der Waals surface area contributed by atoms with Gasteiger partial charge in [-0.2, -0.15) is 3.84 Å². The first kappa shape index (κ1) is 17.9. The van der Waals surface area contributed by atoms with E-state index in [-0.39, 0.29) is 11.0 Å². The van der Waals surface area contributed by atoms with Crippen molar-refractivity contribution in [3.8, 4) is 0 Å². The van der Waals surface area contributed by atoms with Crippen LogP contribution in [0.2, 0.25) is 0 Å². The fourth-order valence-corrected chi connectivity index (χ4v) is 0. The van der Waals surface area contributed by atoms with Gasteiger partial charge < -0.3 is 11.0 Å². The van der Waals surface area contributed by atoms with Crippen molar-refractivity contribution >= 4 is 23.7 Å². The van der Waals surface area contributed by atoms with Crippen molar-refractivity contribution in [1.82, 2.24) is 0 Å². The molecule has 0 aliphatic rings. The van der Waals surface area contributed by atoms with Crippen molar-refractivity contribution in [2.24, 2.45) is 0 Å². The van der Waals surface area contributed by atoms with Gasteiger partial charge in [0.25, 0.3) is 0 Å². The summed E-state index contributed by atoms with van der Waals surface area (Å²) in [7, 11) is 0. The smallest absolute Gasteiger partial charge is 0.0832 e. The molecule has 0 aromatic rings. The van der Waals surface area contributed by atoms with E-state index >= 15 is 0 Å². The third-order valence-corrected chi connectivity index (χ3v) is 0. The van der Waals surface area contributed by atoms with E-state index in [2.05, 4.69) is 27.6 Å². The maximum absolute atomic E-state index is 4.26. The van der Waals surface area contributed by atoms with E-state index in [9.17, 15) is 0 Å². The minimum absolute atomic E-state index is 0. The van der Waals surface area contributed by atoms with Gasteiger partial charge >= 0.3 is 0 Å². The Bertz CT molecular complexity index is 4.85. The average Bonchev–Trinajstić information content (AvgIpc) is 0.918. The summed E-state index contributed by atoms with van der Waals surface area (Å²) in [5.41, 5.74) is 0. The highest BCUT2D eigenvalue weighted by molar-refractivity contribution is 6.24. The molecule has 0 heterocycles. The first-order valence-corrected chi connectivity index (χ1v) is 0.926. The largest absolute Gasteiger partial charge is 0.412 e. The Morgan fingerprint density at radius 2 is 1.00 bits per heavy atom. The molecule has 4 N–H and O–H groups in total. The lowest BCUT2D eigenvalue weighted by molar-refractivity contribution is 0.697. The Balaban J connectivity index is -0.0000000200. The molecule has 0 aliphatic heterocycles. The fraction of sp³-hybridized carbons (Fsp3) is 0. The van der Waals surface area contributed by atoms with Crippen molar-refractivity contribution < 1.29 is 14.8 Å². The predicted molar refractivity (Wildman–Crippen MR) is 20.0 cm³/mol. The van der Waals surface area contributed by atoms with Gasteiger partial charge in [0, 0.05) is 0 Å². The fourth-order valence-electron chi connectivity index (χ4n) is 0. The highest BCUT2D eigenvalue weighted by Crippen LogP contribution is 1.78. The molecule has 0 rings (SSSR count). The summed E-state index contributed by atoms with van der Waals surface area (Å²) in [6, 6.07) is 0. The van der Waals surface area contributed by atoms with Crippen molar-refractivity contribution in [1.29, 1.82) is 0 Å². The average molecular weight is 123 g/mol. The van der Waals surface area contributed by atoms with Crippen LogP contribution in [0.4, 0.5) is 0 Å². The molecule has 0 bridgehead atoms. The van der Waals surface area contributed by atoms with Crippen LogP contribution in [-0.4, -0.2) is 11.0 Å². The first-order chi connectivity index (χ1) is 1.41. The van der Waals surface area contributed by atoms with Crippen molar-refractivity contribution in [2.45, 2.75) is 0 Å². The summed E-state index contributed by atoms with van der Waals surface area (Å²) in [4.78, 5) is 0. The molecular formula is H4Cl2O3. The zero-order chi connectivity index (χ0) is 2.71. The summed E-state index contributed by atoms with van der Waals surface area (Å²) in [5, 5.41) is 0. The molecule has 36 valence electrons. The Labute approximate surface area is 39.4 Å². The van der Waals surface area contributed by atoms with Crippen LogP contribution in [0.15, 0.2) is 0 Å². The Kier molecular flexibility index (Phi) is 89.9. The normalized spacial score (nSPS) is 3.60. The molecule has 5 heavy (non-hydrogen) atoms. The molecule has 0 aromatic heterocycles. The van der Waals surface area contributed by atoms with E-state index < -0.39 is 0 Å². The minimum Gasteiger partial charge on any atom is -0.412 e. The van der Waals surface area contributed by atoms with E-state index in [0.717, 1.165) is 0 Å². The zero-order valence-corrected chi connectivity index (χ0v) is 3.68. The second kappa shape index (κ2) is 25.0. The van der Waals surface area contributed by atoms with Crippen LogP contribution in [0.25, 0.3) is 0 Å². The van der Waals surface area contributed by atoms with E-state index in [1.165, 1.54) is 0 Å². The van der Waals surface area contributed by atoms with E-state index in [0.29, 0.717) is 0 Å². The molecule has 0 unspecified atom stereocenters. The topological polar surface area (TPSA) is 72.2 Å². The van der Waals surface area contributed by atoms with Gasteiger partial charge in [0.15, 0.2) is 0 Å². The molecule has 0 atom stereocenters. The van der Waals surface area contributed by atoms with Gasteiger partial charge in [-0.3, -0.25) is 0 Å². The summed E-state index contributed by atoms with van der Waals surface area (Å²) in [6.07, 6.45) is 0. The third kappa shape index (κ3) is 128. The van der Waals surface area contributed by atoms with Crippen LogP contribution < -0.4 is 0 Å². The SMILES string of the molecule is ClOCl.O.O. The molecule has 0 amide bonds. The summed E-state index contributed by atoms with van der Waals surface area (Å²) < 4.78 is 3.19. The molecule has 0 aliphatic carbocycles. The monoisotopic (exact) mass is 122 g/mol. The molecule has 0 spiro atoms. The van der Waals surface area contributed by atoms with Crippen LogP contribution in [-0.2, 0) is 3.84 Å². The highest BCUT2D eigenvalue weighted by atomic mass is 35.6. The quantitative estimate of drug-likeness (QED) is 0.434. The maximum Gasteiger partial charge on any atom is 0.0832 e. The van der Waals surface area contributed by atoms with Crippen LogP contribution in [0.5, 0.6) is 0 Å². The minimum atomic E-state index is 0. The Hall–Kier alpha value is 0.460. The van der Waals surface area contributed by atoms with Crippen LogP contribution in [0.3, 0.4) is 0 Å². The standard InChI is InChI=1S/Cl2O.2H2O/c1-3-2;;/h;2*1H2. The molecule has 0 aromatic carbocycles. The highest BCUT2D eigenvalue weighted by Gasteiger charge is 1.38. The molecule has 5 heteroatoms. The van der Waals surface area contributed by atoms with Gasteiger partial charge in [0.2, 0.25) is 0 Å². The van der Waals surface area contributed by atoms with Crippen LogP contribution in [0.1, 0.15) is 0 Å². The second-order valence-corrected chi connectivity index (χ2v) is 0.525. The molecule has 0 saturated carbocycles. The Morgan fingerprint density at radius 3 is 1.00 bits per heavy atom. The molecular weight excluding hydrogens is 119 g/mol. The van der Waals surface area contributed by atoms with Crippen molar-refractivity contribution in [2.75, 3.05) is 0 Å². The number of hydrogen-bond acceptors (Lipinski definition) is 1. The van der Waals surface area contributed by atoms with Gasteiger partial charge in [-0.05, 0) is 0 Å². The zero-order valence-electron chi connectivity index (χ0n) is 2.16. The lowest BCUT2D eigenvalue weighted by Crippen LogP contribution is -1.15. The third-order valence-electron chi connectivity index (χ3n) is 0. The molecule has 3 nitrogen and oxygen atoms in total. The number of rotatable bonds is 0. The summed E-state index contributed by atoms with van der Waals surface area (Å²) >= 11 is 8.53. The lowest BCUT2D eigenvalue weighted by atomic mass is 15.9. The number of hydrogen-bond donors (Lipinski definition) is 0. The predicted octanol–water partition coefficient (Wildman–Crippen LogP) is -0.339.